The summed E-state index contributed by atoms with van der Waals surface area (Å²) in [5.74, 6) is 1.16. The van der Waals surface area contributed by atoms with Gasteiger partial charge in [-0.05, 0) is 48.5 Å². The first kappa shape index (κ1) is 15.3. The van der Waals surface area contributed by atoms with Gasteiger partial charge in [-0.3, -0.25) is 0 Å². The van der Waals surface area contributed by atoms with Crippen LogP contribution in [0.4, 0.5) is 0 Å². The predicted molar refractivity (Wildman–Crippen MR) is 86.4 cm³/mol. The second kappa shape index (κ2) is 6.58. The topological polar surface area (TPSA) is 20.2 Å². The molecule has 0 spiro atoms. The number of rotatable bonds is 3. The second-order valence-corrected chi connectivity index (χ2v) is 7.25. The Kier molecular flexibility index (Phi) is 5.04. The molecule has 0 bridgehead atoms. The first-order valence-electron chi connectivity index (χ1n) is 7.86. The Balaban J connectivity index is 1.92. The van der Waals surface area contributed by atoms with E-state index in [-0.39, 0.29) is 6.10 Å². The fourth-order valence-electron chi connectivity index (χ4n) is 3.23. The number of hydrogen-bond donors (Lipinski definition) is 1. The van der Waals surface area contributed by atoms with E-state index >= 15 is 0 Å². The minimum atomic E-state index is -0.117. The van der Waals surface area contributed by atoms with Crippen LogP contribution in [0.5, 0.6) is 0 Å². The average Bonchev–Trinajstić information content (AvgIpc) is 2.41. The van der Waals surface area contributed by atoms with Crippen molar-refractivity contribution in [2.75, 3.05) is 0 Å². The summed E-state index contributed by atoms with van der Waals surface area (Å²) in [4.78, 5) is 0. The van der Waals surface area contributed by atoms with Gasteiger partial charge >= 0.3 is 0 Å². The van der Waals surface area contributed by atoms with E-state index in [0.29, 0.717) is 11.3 Å². The maximum atomic E-state index is 10.2. The molecule has 3 atom stereocenters. The normalized spacial score (nSPS) is 27.9. The molecule has 1 N–H and O–H groups in total. The monoisotopic (exact) mass is 272 g/mol. The molecule has 1 aromatic carbocycles. The highest BCUT2D eigenvalue weighted by molar-refractivity contribution is 5.48. The lowest BCUT2D eigenvalue weighted by Crippen LogP contribution is -2.34. The molecule has 0 heterocycles. The maximum Gasteiger partial charge on any atom is 0.0571 e. The predicted octanol–water partition coefficient (Wildman–Crippen LogP) is 4.91. The summed E-state index contributed by atoms with van der Waals surface area (Å²) in [6.07, 6.45) is 8.57. The van der Waals surface area contributed by atoms with Crippen LogP contribution in [0.15, 0.2) is 36.4 Å². The van der Waals surface area contributed by atoms with Crippen molar-refractivity contribution in [3.63, 3.8) is 0 Å². The lowest BCUT2D eigenvalue weighted by molar-refractivity contribution is 0.0208. The van der Waals surface area contributed by atoms with Crippen molar-refractivity contribution in [3.8, 4) is 0 Å². The minimum Gasteiger partial charge on any atom is -0.393 e. The quantitative estimate of drug-likeness (QED) is 0.828. The molecule has 0 radical (unpaired) electrons. The van der Waals surface area contributed by atoms with Gasteiger partial charge in [-0.15, -0.1) is 0 Å². The van der Waals surface area contributed by atoms with Crippen molar-refractivity contribution in [1.29, 1.82) is 0 Å². The first-order valence-corrected chi connectivity index (χ1v) is 7.86. The van der Waals surface area contributed by atoms with Gasteiger partial charge in [0, 0.05) is 0 Å². The second-order valence-electron chi connectivity index (χ2n) is 7.25. The van der Waals surface area contributed by atoms with Gasteiger partial charge < -0.3 is 5.11 Å². The molecule has 2 rings (SSSR count). The number of hydrogen-bond acceptors (Lipinski definition) is 1. The van der Waals surface area contributed by atoms with Gasteiger partial charge in [0.25, 0.3) is 0 Å². The SMILES string of the molecule is CC(C)(C)C1CCC(O)C(CC=Cc2ccccc2)C1. The summed E-state index contributed by atoms with van der Waals surface area (Å²) < 4.78 is 0. The van der Waals surface area contributed by atoms with Gasteiger partial charge in [-0.2, -0.15) is 0 Å². The van der Waals surface area contributed by atoms with E-state index in [9.17, 15) is 5.11 Å². The summed E-state index contributed by atoms with van der Waals surface area (Å²) in [7, 11) is 0. The highest BCUT2D eigenvalue weighted by Gasteiger charge is 2.34. The van der Waals surface area contributed by atoms with E-state index in [1.54, 1.807) is 0 Å². The molecule has 1 aromatic rings. The van der Waals surface area contributed by atoms with Crippen LogP contribution >= 0.6 is 0 Å². The Morgan fingerprint density at radius 2 is 1.85 bits per heavy atom. The van der Waals surface area contributed by atoms with Gasteiger partial charge in [0.2, 0.25) is 0 Å². The first-order chi connectivity index (χ1) is 9.47. The lowest BCUT2D eigenvalue weighted by Gasteiger charge is -2.40. The Morgan fingerprint density at radius 1 is 1.15 bits per heavy atom. The molecule has 0 saturated heterocycles. The van der Waals surface area contributed by atoms with Crippen LogP contribution in [0.1, 0.15) is 52.0 Å². The molecule has 1 aliphatic rings. The van der Waals surface area contributed by atoms with Crippen LogP contribution in [0.2, 0.25) is 0 Å². The summed E-state index contributed by atoms with van der Waals surface area (Å²) >= 11 is 0. The largest absolute Gasteiger partial charge is 0.393 e. The van der Waals surface area contributed by atoms with Crippen molar-refractivity contribution < 1.29 is 5.11 Å². The van der Waals surface area contributed by atoms with Gasteiger partial charge in [0.1, 0.15) is 0 Å². The molecule has 0 amide bonds. The fourth-order valence-corrected chi connectivity index (χ4v) is 3.23. The van der Waals surface area contributed by atoms with E-state index in [1.807, 2.05) is 6.07 Å². The molecule has 1 heteroatoms. The minimum absolute atomic E-state index is 0.117. The average molecular weight is 272 g/mol. The van der Waals surface area contributed by atoms with E-state index in [0.717, 1.165) is 25.2 Å². The summed E-state index contributed by atoms with van der Waals surface area (Å²) in [6.45, 7) is 6.98. The molecule has 1 fully saturated rings. The molecule has 20 heavy (non-hydrogen) atoms. The zero-order valence-electron chi connectivity index (χ0n) is 13.0. The van der Waals surface area contributed by atoms with E-state index in [4.69, 9.17) is 0 Å². The molecule has 110 valence electrons. The van der Waals surface area contributed by atoms with Crippen LogP contribution in [0.3, 0.4) is 0 Å². The Hall–Kier alpha value is -1.08. The molecular formula is C19H28O. The molecule has 0 aromatic heterocycles. The molecular weight excluding hydrogens is 244 g/mol. The van der Waals surface area contributed by atoms with E-state index in [2.05, 4.69) is 57.2 Å². The van der Waals surface area contributed by atoms with Gasteiger partial charge in [-0.25, -0.2) is 0 Å². The Bertz CT molecular complexity index is 427. The standard InChI is InChI=1S/C19H28O/c1-19(2,3)17-12-13-18(20)16(14-17)11-7-10-15-8-5-4-6-9-15/h4-10,16-18,20H,11-14H2,1-3H3. The third kappa shape index (κ3) is 4.21. The highest BCUT2D eigenvalue weighted by atomic mass is 16.3. The van der Waals surface area contributed by atoms with Gasteiger partial charge in [0.15, 0.2) is 0 Å². The van der Waals surface area contributed by atoms with Crippen molar-refractivity contribution in [3.05, 3.63) is 42.0 Å². The van der Waals surface area contributed by atoms with Crippen LogP contribution in [-0.4, -0.2) is 11.2 Å². The molecule has 3 unspecified atom stereocenters. The summed E-state index contributed by atoms with van der Waals surface area (Å²) in [6, 6.07) is 10.4. The zero-order valence-corrected chi connectivity index (χ0v) is 13.0. The molecule has 1 saturated carbocycles. The van der Waals surface area contributed by atoms with E-state index < -0.39 is 0 Å². The fraction of sp³-hybridized carbons (Fsp3) is 0.579. The third-order valence-electron chi connectivity index (χ3n) is 4.72. The summed E-state index contributed by atoms with van der Waals surface area (Å²) in [5, 5.41) is 10.2. The number of aliphatic hydroxyl groups is 1. The third-order valence-corrected chi connectivity index (χ3v) is 4.72. The Morgan fingerprint density at radius 3 is 2.50 bits per heavy atom. The van der Waals surface area contributed by atoms with Gasteiger partial charge in [-0.1, -0.05) is 63.3 Å². The highest BCUT2D eigenvalue weighted by Crippen LogP contribution is 2.41. The van der Waals surface area contributed by atoms with Crippen LogP contribution in [0, 0.1) is 17.3 Å². The van der Waals surface area contributed by atoms with Crippen LogP contribution < -0.4 is 0 Å². The lowest BCUT2D eigenvalue weighted by atomic mass is 9.67. The zero-order chi connectivity index (χ0) is 14.6. The van der Waals surface area contributed by atoms with Crippen LogP contribution in [-0.2, 0) is 0 Å². The maximum absolute atomic E-state index is 10.2. The van der Waals surface area contributed by atoms with Crippen molar-refractivity contribution in [2.24, 2.45) is 17.3 Å². The van der Waals surface area contributed by atoms with E-state index in [1.165, 1.54) is 12.0 Å². The van der Waals surface area contributed by atoms with Crippen molar-refractivity contribution >= 4 is 6.08 Å². The van der Waals surface area contributed by atoms with Crippen molar-refractivity contribution in [2.45, 2.75) is 52.6 Å². The molecule has 0 aliphatic heterocycles. The number of benzene rings is 1. The van der Waals surface area contributed by atoms with Crippen molar-refractivity contribution in [1.82, 2.24) is 0 Å². The van der Waals surface area contributed by atoms with Crippen LogP contribution in [0.25, 0.3) is 6.08 Å². The Labute approximate surface area is 123 Å². The number of aliphatic hydroxyl groups excluding tert-OH is 1. The molecule has 1 aliphatic carbocycles. The van der Waals surface area contributed by atoms with Gasteiger partial charge in [0.05, 0.1) is 6.10 Å². The number of allylic oxidation sites excluding steroid dienone is 1. The smallest absolute Gasteiger partial charge is 0.0571 e. The molecule has 1 nitrogen and oxygen atoms in total. The summed E-state index contributed by atoms with van der Waals surface area (Å²) in [5.41, 5.74) is 1.60.